The summed E-state index contributed by atoms with van der Waals surface area (Å²) >= 11 is 0. The van der Waals surface area contributed by atoms with Crippen molar-refractivity contribution in [2.24, 2.45) is 22.2 Å². The Morgan fingerprint density at radius 3 is 2.60 bits per heavy atom. The molecule has 1 saturated heterocycles. The summed E-state index contributed by atoms with van der Waals surface area (Å²) in [4.78, 5) is 19.1. The van der Waals surface area contributed by atoms with Crippen molar-refractivity contribution in [2.45, 2.75) is 109 Å². The van der Waals surface area contributed by atoms with Crippen LogP contribution >= 0.6 is 0 Å². The summed E-state index contributed by atoms with van der Waals surface area (Å²) in [5.74, 6) is 0.132. The van der Waals surface area contributed by atoms with E-state index in [1.165, 1.54) is 41.4 Å². The zero-order valence-electron chi connectivity index (χ0n) is 26.6. The Balaban J connectivity index is 0.000000365. The summed E-state index contributed by atoms with van der Waals surface area (Å²) in [7, 11) is 0. The number of fused-ring (bicyclic) bond motifs is 9. The molecule has 3 aliphatic carbocycles. The highest BCUT2D eigenvalue weighted by Crippen LogP contribution is 2.70. The van der Waals surface area contributed by atoms with Crippen LogP contribution in [0.3, 0.4) is 0 Å². The number of aromatic nitrogens is 1. The molecular weight excluding hydrogens is 542 g/mol. The molecule has 2 aromatic rings. The molecule has 43 heavy (non-hydrogen) atoms. The first kappa shape index (κ1) is 30.5. The molecule has 5 unspecified atom stereocenters. The third-order valence-corrected chi connectivity index (χ3v) is 11.3. The van der Waals surface area contributed by atoms with Crippen LogP contribution in [0.5, 0.6) is 0 Å². The van der Waals surface area contributed by atoms with E-state index in [1.807, 2.05) is 13.8 Å². The maximum Gasteiger partial charge on any atom is 0.245 e. The molecule has 1 aromatic carbocycles. The Kier molecular flexibility index (Phi) is 7.68. The van der Waals surface area contributed by atoms with Crippen LogP contribution in [0, 0.1) is 17.3 Å². The normalized spacial score (nSPS) is 35.9. The number of nitrogens with zero attached hydrogens (tertiary/aromatic N) is 1. The number of carbonyl (C=O) groups excluding carboxylic acids is 1. The van der Waals surface area contributed by atoms with Crippen molar-refractivity contribution < 1.29 is 24.5 Å². The van der Waals surface area contributed by atoms with Crippen molar-refractivity contribution in [3.63, 3.8) is 0 Å². The molecule has 8 nitrogen and oxygen atoms in total. The number of rotatable bonds is 5. The molecule has 3 fully saturated rings. The number of para-hydroxylation sites is 1. The van der Waals surface area contributed by atoms with Crippen molar-refractivity contribution in [3.05, 3.63) is 47.2 Å². The molecule has 6 atom stereocenters. The van der Waals surface area contributed by atoms with Gasteiger partial charge >= 0.3 is 0 Å². The summed E-state index contributed by atoms with van der Waals surface area (Å²) in [6, 6.07) is 8.96. The Morgan fingerprint density at radius 1 is 1.14 bits per heavy atom. The van der Waals surface area contributed by atoms with Gasteiger partial charge in [0.25, 0.3) is 0 Å². The third-order valence-electron chi connectivity index (χ3n) is 11.3. The van der Waals surface area contributed by atoms with Crippen LogP contribution in [0.4, 0.5) is 0 Å². The minimum absolute atomic E-state index is 0.0892. The van der Waals surface area contributed by atoms with Crippen LogP contribution in [0.1, 0.15) is 84.9 Å². The molecule has 1 aromatic heterocycles. The van der Waals surface area contributed by atoms with Crippen molar-refractivity contribution in [1.29, 1.82) is 0 Å². The van der Waals surface area contributed by atoms with E-state index < -0.39 is 18.0 Å². The zero-order valence-corrected chi connectivity index (χ0v) is 26.6. The largest absolute Gasteiger partial charge is 0.396 e. The number of aliphatic imine (C=N–C) groups is 1. The number of hydrogen-bond donors (Lipinski definition) is 4. The monoisotopic (exact) mass is 591 g/mol. The third kappa shape index (κ3) is 4.63. The second-order valence-electron chi connectivity index (χ2n) is 14.5. The van der Waals surface area contributed by atoms with Gasteiger partial charge in [-0.3, -0.25) is 9.79 Å². The lowest BCUT2D eigenvalue weighted by molar-refractivity contribution is -0.201. The van der Waals surface area contributed by atoms with E-state index in [-0.39, 0.29) is 35.5 Å². The number of aromatic amines is 1. The van der Waals surface area contributed by atoms with Gasteiger partial charge in [0.15, 0.2) is 5.79 Å². The van der Waals surface area contributed by atoms with Crippen LogP contribution < -0.4 is 5.32 Å². The van der Waals surface area contributed by atoms with Crippen LogP contribution in [0.25, 0.3) is 10.9 Å². The van der Waals surface area contributed by atoms with E-state index in [2.05, 4.69) is 68.3 Å². The van der Waals surface area contributed by atoms with Crippen molar-refractivity contribution in [2.75, 3.05) is 19.8 Å². The highest BCUT2D eigenvalue weighted by atomic mass is 16.8. The first-order valence-corrected chi connectivity index (χ1v) is 16.2. The van der Waals surface area contributed by atoms with Gasteiger partial charge in [-0.15, -0.1) is 0 Å². The molecule has 1 amide bonds. The molecule has 2 bridgehead atoms. The number of carbonyl (C=O) groups is 1. The molecule has 234 valence electrons. The average molecular weight is 592 g/mol. The summed E-state index contributed by atoms with van der Waals surface area (Å²) in [6.07, 6.45) is 8.46. The number of hydrogen-bond acceptors (Lipinski definition) is 6. The molecule has 4 N–H and O–H groups in total. The Hall–Kier alpha value is -2.52. The molecule has 1 spiro atoms. The van der Waals surface area contributed by atoms with E-state index >= 15 is 0 Å². The van der Waals surface area contributed by atoms with E-state index in [0.29, 0.717) is 24.8 Å². The van der Waals surface area contributed by atoms with Gasteiger partial charge < -0.3 is 30.0 Å². The number of aliphatic hydroxyl groups is 2. The van der Waals surface area contributed by atoms with Crippen molar-refractivity contribution in [1.82, 2.24) is 10.3 Å². The van der Waals surface area contributed by atoms with Gasteiger partial charge in [-0.25, -0.2) is 0 Å². The number of H-pyrrole nitrogens is 1. The lowest BCUT2D eigenvalue weighted by atomic mass is 9.44. The minimum Gasteiger partial charge on any atom is -0.396 e. The van der Waals surface area contributed by atoms with Gasteiger partial charge in [-0.1, -0.05) is 32.0 Å². The maximum atomic E-state index is 10.3. The Morgan fingerprint density at radius 2 is 1.91 bits per heavy atom. The summed E-state index contributed by atoms with van der Waals surface area (Å²) in [6.45, 7) is 13.4. The van der Waals surface area contributed by atoms with E-state index in [4.69, 9.17) is 19.6 Å². The highest BCUT2D eigenvalue weighted by molar-refractivity contribution is 6.01. The van der Waals surface area contributed by atoms with Gasteiger partial charge in [0.05, 0.1) is 11.3 Å². The lowest BCUT2D eigenvalue weighted by Crippen LogP contribution is -2.60. The summed E-state index contributed by atoms with van der Waals surface area (Å²) < 4.78 is 13.6. The van der Waals surface area contributed by atoms with Crippen LogP contribution in [0.15, 0.2) is 40.9 Å². The fraction of sp³-hybridized carbons (Fsp3) is 0.657. The Bertz CT molecular complexity index is 1460. The average Bonchev–Trinajstić information content (AvgIpc) is 3.55. The number of aliphatic hydroxyl groups excluding tert-OH is 2. The van der Waals surface area contributed by atoms with Crippen LogP contribution in [-0.2, 0) is 26.1 Å². The molecule has 7 rings (SSSR count). The van der Waals surface area contributed by atoms with Gasteiger partial charge in [0.1, 0.15) is 12.7 Å². The number of ether oxygens (including phenoxy) is 2. The summed E-state index contributed by atoms with van der Waals surface area (Å²) in [5, 5.41) is 21.4. The molecule has 3 heterocycles. The van der Waals surface area contributed by atoms with Crippen molar-refractivity contribution >= 4 is 22.5 Å². The molecular formula is C35H49N3O5. The highest BCUT2D eigenvalue weighted by Gasteiger charge is 2.69. The van der Waals surface area contributed by atoms with E-state index in [0.717, 1.165) is 18.6 Å². The van der Waals surface area contributed by atoms with Crippen molar-refractivity contribution in [3.8, 4) is 0 Å². The minimum atomic E-state index is -0.612. The smallest absolute Gasteiger partial charge is 0.245 e. The predicted octanol–water partition coefficient (Wildman–Crippen LogP) is 4.97. The van der Waals surface area contributed by atoms with Crippen LogP contribution in [-0.4, -0.2) is 70.1 Å². The zero-order chi connectivity index (χ0) is 30.8. The second-order valence-corrected chi connectivity index (χ2v) is 14.5. The Labute approximate surface area is 255 Å². The van der Waals surface area contributed by atoms with Gasteiger partial charge in [0.2, 0.25) is 5.91 Å². The second kappa shape index (κ2) is 10.8. The quantitative estimate of drug-likeness (QED) is 0.367. The predicted molar refractivity (Wildman–Crippen MR) is 168 cm³/mol. The topological polar surface area (TPSA) is 116 Å². The fourth-order valence-electron chi connectivity index (χ4n) is 9.18. The maximum absolute atomic E-state index is 10.3. The first-order chi connectivity index (χ1) is 20.4. The van der Waals surface area contributed by atoms with Gasteiger partial charge in [0, 0.05) is 47.6 Å². The molecule has 5 aliphatic rings. The lowest BCUT2D eigenvalue weighted by Gasteiger charge is -2.61. The standard InChI is InChI=1S/C30H38N2O3.C5H11NO2/c1-27(2)26-24(31-14-7-15-33)17-22-21-11-10-18-16-20-19-8-5-6-9-23(19)32-25(20)29(18,4)28(21,3)12-13-30(22,34-26)35-27;1-4(2)6-5(8)3-7/h5-6,8-9,17-18,21,26,32-33H,7,10-16H2,1-4H3;4,7H,3H2,1-2H3,(H,6,8)/t18?,21?,26?,28?,29-,30?;/m1./s1. The molecule has 2 aliphatic heterocycles. The number of amides is 1. The molecule has 0 radical (unpaired) electrons. The summed E-state index contributed by atoms with van der Waals surface area (Å²) in [5.41, 5.74) is 6.41. The van der Waals surface area contributed by atoms with E-state index in [1.54, 1.807) is 5.56 Å². The fourth-order valence-corrected chi connectivity index (χ4v) is 9.18. The number of benzene rings is 1. The van der Waals surface area contributed by atoms with E-state index in [9.17, 15) is 9.90 Å². The first-order valence-electron chi connectivity index (χ1n) is 16.2. The van der Waals surface area contributed by atoms with Gasteiger partial charge in [-0.2, -0.15) is 0 Å². The number of nitrogens with one attached hydrogen (secondary N) is 2. The van der Waals surface area contributed by atoms with Gasteiger partial charge in [-0.05, 0) is 100 Å². The molecule has 8 heteroatoms. The van der Waals surface area contributed by atoms with Crippen LogP contribution in [0.2, 0.25) is 0 Å². The SMILES string of the molecule is CC(C)NC(=O)CO.CC1(C)OC23CCC4(C)C(CCC5Cc6c([nH]c7ccccc67)[C@@]54C)C2=CC(=NCCCO)C1O3. The molecule has 2 saturated carbocycles.